The monoisotopic (exact) mass is 415 g/mol. The number of nitrogens with zero attached hydrogens (tertiary/aromatic N) is 4. The smallest absolute Gasteiger partial charge is 0.269 e. The van der Waals surface area contributed by atoms with Crippen LogP contribution >= 0.6 is 0 Å². The Balaban J connectivity index is 1.58. The van der Waals surface area contributed by atoms with Crippen LogP contribution in [0.2, 0.25) is 0 Å². The van der Waals surface area contributed by atoms with Gasteiger partial charge in [-0.1, -0.05) is 18.2 Å². The molecule has 2 heterocycles. The van der Waals surface area contributed by atoms with E-state index in [0.29, 0.717) is 39.4 Å². The van der Waals surface area contributed by atoms with Gasteiger partial charge in [-0.25, -0.2) is 4.99 Å². The predicted molar refractivity (Wildman–Crippen MR) is 114 cm³/mol. The van der Waals surface area contributed by atoms with Gasteiger partial charge < -0.3 is 19.9 Å². The second kappa shape index (κ2) is 10.7. The summed E-state index contributed by atoms with van der Waals surface area (Å²) in [6.07, 6.45) is 3.36. The zero-order valence-corrected chi connectivity index (χ0v) is 17.2. The van der Waals surface area contributed by atoms with E-state index in [1.54, 1.807) is 18.2 Å². The first-order chi connectivity index (χ1) is 14.6. The largest absolute Gasteiger partial charge is 0.378 e. The molecule has 9 nitrogen and oxygen atoms in total. The van der Waals surface area contributed by atoms with Crippen LogP contribution in [0.3, 0.4) is 0 Å². The van der Waals surface area contributed by atoms with E-state index in [2.05, 4.69) is 16.8 Å². The molecule has 30 heavy (non-hydrogen) atoms. The van der Waals surface area contributed by atoms with Gasteiger partial charge in [-0.05, 0) is 18.4 Å². The van der Waals surface area contributed by atoms with E-state index in [1.165, 1.54) is 12.1 Å². The molecule has 1 aromatic rings. The number of carbonyl (C=O) groups excluding carboxylic acids is 1. The SMILES string of the molecule is C=CCNC(=NCc1ccc([N+](=O)[O-])cc1)N1CCC(C(=O)N2CCOCC2)CC1. The van der Waals surface area contributed by atoms with Crippen LogP contribution in [0.5, 0.6) is 0 Å². The number of rotatable bonds is 6. The summed E-state index contributed by atoms with van der Waals surface area (Å²) in [6.45, 7) is 8.87. The number of guanidine groups is 1. The van der Waals surface area contributed by atoms with E-state index in [9.17, 15) is 14.9 Å². The lowest BCUT2D eigenvalue weighted by molar-refractivity contribution is -0.384. The molecule has 0 spiro atoms. The first-order valence-electron chi connectivity index (χ1n) is 10.3. The van der Waals surface area contributed by atoms with E-state index in [-0.39, 0.29) is 17.5 Å². The number of nitro benzene ring substituents is 1. The molecule has 0 bridgehead atoms. The highest BCUT2D eigenvalue weighted by Crippen LogP contribution is 2.21. The van der Waals surface area contributed by atoms with Gasteiger partial charge in [0.25, 0.3) is 5.69 Å². The summed E-state index contributed by atoms with van der Waals surface area (Å²) in [5, 5.41) is 14.1. The summed E-state index contributed by atoms with van der Waals surface area (Å²) in [4.78, 5) is 31.9. The number of hydrogen-bond donors (Lipinski definition) is 1. The lowest BCUT2D eigenvalue weighted by atomic mass is 9.95. The molecule has 3 rings (SSSR count). The molecule has 0 aliphatic carbocycles. The molecule has 0 atom stereocenters. The fraction of sp³-hybridized carbons (Fsp3) is 0.524. The van der Waals surface area contributed by atoms with E-state index in [1.807, 2.05) is 4.90 Å². The van der Waals surface area contributed by atoms with E-state index in [0.717, 1.165) is 37.5 Å². The second-order valence-electron chi connectivity index (χ2n) is 7.43. The molecule has 2 aliphatic heterocycles. The Morgan fingerprint density at radius 3 is 2.47 bits per heavy atom. The second-order valence-corrected chi connectivity index (χ2v) is 7.43. The van der Waals surface area contributed by atoms with Gasteiger partial charge in [-0.3, -0.25) is 14.9 Å². The van der Waals surface area contributed by atoms with Gasteiger partial charge >= 0.3 is 0 Å². The lowest BCUT2D eigenvalue weighted by Gasteiger charge is -2.36. The molecule has 9 heteroatoms. The van der Waals surface area contributed by atoms with Crippen molar-refractivity contribution in [1.29, 1.82) is 0 Å². The van der Waals surface area contributed by atoms with E-state index >= 15 is 0 Å². The van der Waals surface area contributed by atoms with Crippen molar-refractivity contribution in [3.8, 4) is 0 Å². The molecule has 2 aliphatic rings. The van der Waals surface area contributed by atoms with Crippen LogP contribution in [0.1, 0.15) is 18.4 Å². The Labute approximate surface area is 176 Å². The number of ether oxygens (including phenoxy) is 1. The third kappa shape index (κ3) is 5.79. The molecule has 162 valence electrons. The number of nitro groups is 1. The Morgan fingerprint density at radius 1 is 1.20 bits per heavy atom. The van der Waals surface area contributed by atoms with Gasteiger partial charge in [0.2, 0.25) is 5.91 Å². The first-order valence-corrected chi connectivity index (χ1v) is 10.3. The normalized spacial score (nSPS) is 18.2. The number of hydrogen-bond acceptors (Lipinski definition) is 5. The van der Waals surface area contributed by atoms with Crippen molar-refractivity contribution in [2.24, 2.45) is 10.9 Å². The molecule has 2 saturated heterocycles. The molecule has 0 aromatic heterocycles. The molecule has 0 unspecified atom stereocenters. The fourth-order valence-corrected chi connectivity index (χ4v) is 3.70. The molecule has 0 saturated carbocycles. The number of amides is 1. The predicted octanol–water partition coefficient (Wildman–Crippen LogP) is 1.80. The minimum absolute atomic E-state index is 0.0506. The molecular formula is C21H29N5O4. The highest BCUT2D eigenvalue weighted by Gasteiger charge is 2.30. The van der Waals surface area contributed by atoms with Crippen molar-refractivity contribution in [1.82, 2.24) is 15.1 Å². The maximum Gasteiger partial charge on any atom is 0.269 e. The maximum absolute atomic E-state index is 12.7. The van der Waals surface area contributed by atoms with Gasteiger partial charge in [0.15, 0.2) is 5.96 Å². The Morgan fingerprint density at radius 2 is 1.87 bits per heavy atom. The van der Waals surface area contributed by atoms with E-state index in [4.69, 9.17) is 9.73 Å². The zero-order valence-electron chi connectivity index (χ0n) is 17.2. The van der Waals surface area contributed by atoms with Crippen LogP contribution in [0.15, 0.2) is 41.9 Å². The van der Waals surface area contributed by atoms with Crippen molar-refractivity contribution in [3.63, 3.8) is 0 Å². The van der Waals surface area contributed by atoms with Gasteiger partial charge in [0.1, 0.15) is 0 Å². The number of non-ortho nitro benzene ring substituents is 1. The van der Waals surface area contributed by atoms with Crippen LogP contribution in [-0.4, -0.2) is 72.5 Å². The summed E-state index contributed by atoms with van der Waals surface area (Å²) < 4.78 is 5.34. The van der Waals surface area contributed by atoms with Gasteiger partial charge in [-0.15, -0.1) is 6.58 Å². The van der Waals surface area contributed by atoms with Crippen LogP contribution in [0, 0.1) is 16.0 Å². The number of benzene rings is 1. The quantitative estimate of drug-likeness (QED) is 0.250. The summed E-state index contributed by atoms with van der Waals surface area (Å²) in [5.74, 6) is 1.06. The summed E-state index contributed by atoms with van der Waals surface area (Å²) >= 11 is 0. The van der Waals surface area contributed by atoms with Crippen molar-refractivity contribution in [3.05, 3.63) is 52.6 Å². The van der Waals surface area contributed by atoms with Crippen molar-refractivity contribution >= 4 is 17.6 Å². The highest BCUT2D eigenvalue weighted by molar-refractivity contribution is 5.82. The van der Waals surface area contributed by atoms with Gasteiger partial charge in [0, 0.05) is 50.8 Å². The molecule has 2 fully saturated rings. The fourth-order valence-electron chi connectivity index (χ4n) is 3.70. The zero-order chi connectivity index (χ0) is 21.3. The number of aliphatic imine (C=N–C) groups is 1. The Bertz CT molecular complexity index is 766. The highest BCUT2D eigenvalue weighted by atomic mass is 16.6. The molecule has 1 N–H and O–H groups in total. The minimum atomic E-state index is -0.410. The standard InChI is InChI=1S/C21H29N5O4/c1-2-9-22-21(23-16-17-3-5-19(6-4-17)26(28)29)25-10-7-18(8-11-25)20(27)24-12-14-30-15-13-24/h2-6,18H,1,7-16H2,(H,22,23). The maximum atomic E-state index is 12.7. The molecule has 1 aromatic carbocycles. The lowest BCUT2D eigenvalue weighted by Crippen LogP contribution is -2.50. The summed E-state index contributed by atoms with van der Waals surface area (Å²) in [7, 11) is 0. The Hall–Kier alpha value is -2.94. The van der Waals surface area contributed by atoms with Crippen LogP contribution < -0.4 is 5.32 Å². The topological polar surface area (TPSA) is 100 Å². The molecular weight excluding hydrogens is 386 g/mol. The van der Waals surface area contributed by atoms with Crippen molar-refractivity contribution < 1.29 is 14.5 Å². The number of likely N-dealkylation sites (tertiary alicyclic amines) is 1. The van der Waals surface area contributed by atoms with Gasteiger partial charge in [0.05, 0.1) is 24.7 Å². The number of morpholine rings is 1. The Kier molecular flexibility index (Phi) is 7.78. The van der Waals surface area contributed by atoms with Crippen LogP contribution in [0.4, 0.5) is 5.69 Å². The summed E-state index contributed by atoms with van der Waals surface area (Å²) in [6, 6.07) is 6.43. The molecule has 1 amide bonds. The van der Waals surface area contributed by atoms with Gasteiger partial charge in [-0.2, -0.15) is 0 Å². The van der Waals surface area contributed by atoms with Crippen LogP contribution in [-0.2, 0) is 16.1 Å². The van der Waals surface area contributed by atoms with Crippen molar-refractivity contribution in [2.45, 2.75) is 19.4 Å². The van der Waals surface area contributed by atoms with Crippen LogP contribution in [0.25, 0.3) is 0 Å². The molecule has 0 radical (unpaired) electrons. The van der Waals surface area contributed by atoms with E-state index < -0.39 is 4.92 Å². The average Bonchev–Trinajstić information content (AvgIpc) is 2.80. The number of carbonyl (C=O) groups is 1. The first kappa shape index (κ1) is 21.8. The number of piperidine rings is 1. The average molecular weight is 415 g/mol. The third-order valence-electron chi connectivity index (χ3n) is 5.43. The summed E-state index contributed by atoms with van der Waals surface area (Å²) in [5.41, 5.74) is 0.968. The van der Waals surface area contributed by atoms with Crippen molar-refractivity contribution in [2.75, 3.05) is 45.9 Å². The third-order valence-corrected chi connectivity index (χ3v) is 5.43. The minimum Gasteiger partial charge on any atom is -0.378 e. The number of nitrogens with one attached hydrogen (secondary N) is 1.